The van der Waals surface area contributed by atoms with E-state index in [0.717, 1.165) is 12.8 Å². The number of benzene rings is 1. The molecule has 1 aromatic rings. The van der Waals surface area contributed by atoms with E-state index in [2.05, 4.69) is 5.32 Å². The van der Waals surface area contributed by atoms with Crippen molar-refractivity contribution < 1.29 is 18.7 Å². The maximum atomic E-state index is 13.0. The molecule has 0 spiro atoms. The molecule has 2 atom stereocenters. The molecule has 124 valence electrons. The van der Waals surface area contributed by atoms with Gasteiger partial charge in [0.15, 0.2) is 5.78 Å². The minimum atomic E-state index is -0.356. The highest BCUT2D eigenvalue weighted by Crippen LogP contribution is 2.22. The lowest BCUT2D eigenvalue weighted by Crippen LogP contribution is -2.55. The Morgan fingerprint density at radius 3 is 2.74 bits per heavy atom. The van der Waals surface area contributed by atoms with Crippen LogP contribution in [0.3, 0.4) is 0 Å². The number of carbonyl (C=O) groups excluding carboxylic acids is 2. The normalized spacial score (nSPS) is 25.2. The molecule has 0 aliphatic carbocycles. The van der Waals surface area contributed by atoms with Crippen molar-refractivity contribution in [2.45, 2.75) is 18.9 Å². The molecule has 0 aromatic heterocycles. The number of ether oxygens (including phenoxy) is 1. The number of likely N-dealkylation sites (tertiary alicyclic amines) is 1. The molecule has 6 heteroatoms. The molecule has 1 aromatic carbocycles. The van der Waals surface area contributed by atoms with Gasteiger partial charge in [-0.3, -0.25) is 9.59 Å². The van der Waals surface area contributed by atoms with Crippen LogP contribution >= 0.6 is 0 Å². The summed E-state index contributed by atoms with van der Waals surface area (Å²) in [5.74, 6) is -0.593. The average Bonchev–Trinajstić information content (AvgIpc) is 2.62. The molecule has 2 fully saturated rings. The number of hydrogen-bond donors (Lipinski definition) is 1. The van der Waals surface area contributed by atoms with Crippen LogP contribution in [-0.4, -0.2) is 55.5 Å². The van der Waals surface area contributed by atoms with Crippen molar-refractivity contribution in [3.05, 3.63) is 35.6 Å². The average molecular weight is 320 g/mol. The fourth-order valence-corrected chi connectivity index (χ4v) is 3.19. The standard InChI is InChI=1S/C17H21FN2O3/c18-14-5-3-12(4-6-14)16(21)13-2-1-8-20(10-13)17(22)15-11-23-9-7-19-15/h3-6,13,15,19H,1-2,7-11H2. The number of ketones is 1. The zero-order chi connectivity index (χ0) is 16.2. The summed E-state index contributed by atoms with van der Waals surface area (Å²) < 4.78 is 18.3. The van der Waals surface area contributed by atoms with Crippen molar-refractivity contribution in [3.63, 3.8) is 0 Å². The summed E-state index contributed by atoms with van der Waals surface area (Å²) in [6.45, 7) is 2.76. The van der Waals surface area contributed by atoms with E-state index in [0.29, 0.717) is 38.4 Å². The van der Waals surface area contributed by atoms with Gasteiger partial charge in [0.2, 0.25) is 5.91 Å². The number of hydrogen-bond acceptors (Lipinski definition) is 4. The lowest BCUT2D eigenvalue weighted by molar-refractivity contribution is -0.137. The van der Waals surface area contributed by atoms with Crippen LogP contribution in [0.25, 0.3) is 0 Å². The van der Waals surface area contributed by atoms with E-state index in [1.165, 1.54) is 24.3 Å². The third-order valence-corrected chi connectivity index (χ3v) is 4.45. The first-order valence-corrected chi connectivity index (χ1v) is 8.05. The van der Waals surface area contributed by atoms with Gasteiger partial charge in [-0.1, -0.05) is 0 Å². The zero-order valence-corrected chi connectivity index (χ0v) is 13.0. The number of rotatable bonds is 3. The van der Waals surface area contributed by atoms with Crippen LogP contribution in [0.4, 0.5) is 4.39 Å². The van der Waals surface area contributed by atoms with Gasteiger partial charge in [-0.25, -0.2) is 4.39 Å². The molecule has 2 unspecified atom stereocenters. The Morgan fingerprint density at radius 1 is 1.26 bits per heavy atom. The summed E-state index contributed by atoms with van der Waals surface area (Å²) in [5, 5.41) is 3.16. The minimum absolute atomic E-state index is 0.00121. The summed E-state index contributed by atoms with van der Waals surface area (Å²) >= 11 is 0. The molecule has 2 heterocycles. The summed E-state index contributed by atoms with van der Waals surface area (Å²) in [4.78, 5) is 26.8. The number of carbonyl (C=O) groups is 2. The van der Waals surface area contributed by atoms with E-state index < -0.39 is 0 Å². The van der Waals surface area contributed by atoms with Crippen LogP contribution in [-0.2, 0) is 9.53 Å². The summed E-state index contributed by atoms with van der Waals surface area (Å²) in [7, 11) is 0. The van der Waals surface area contributed by atoms with Gasteiger partial charge < -0.3 is 15.0 Å². The molecule has 1 amide bonds. The first-order chi connectivity index (χ1) is 11.1. The Kier molecular flexibility index (Phi) is 5.03. The Balaban J connectivity index is 1.64. The predicted octanol–water partition coefficient (Wildman–Crippen LogP) is 1.24. The zero-order valence-electron chi connectivity index (χ0n) is 13.0. The van der Waals surface area contributed by atoms with Crippen LogP contribution in [0, 0.1) is 11.7 Å². The quantitative estimate of drug-likeness (QED) is 0.851. The largest absolute Gasteiger partial charge is 0.378 e. The van der Waals surface area contributed by atoms with Crippen LogP contribution in [0.15, 0.2) is 24.3 Å². The van der Waals surface area contributed by atoms with Gasteiger partial charge in [-0.15, -0.1) is 0 Å². The van der Waals surface area contributed by atoms with E-state index in [9.17, 15) is 14.0 Å². The van der Waals surface area contributed by atoms with Crippen molar-refractivity contribution >= 4 is 11.7 Å². The molecular weight excluding hydrogens is 299 g/mol. The third kappa shape index (κ3) is 3.76. The van der Waals surface area contributed by atoms with Crippen LogP contribution in [0.1, 0.15) is 23.2 Å². The van der Waals surface area contributed by atoms with E-state index in [4.69, 9.17) is 4.74 Å². The lowest BCUT2D eigenvalue weighted by atomic mass is 9.89. The molecule has 3 rings (SSSR count). The van der Waals surface area contributed by atoms with Crippen molar-refractivity contribution in [2.75, 3.05) is 32.8 Å². The van der Waals surface area contributed by atoms with Gasteiger partial charge in [-0.05, 0) is 37.1 Å². The highest BCUT2D eigenvalue weighted by molar-refractivity contribution is 5.98. The number of Topliss-reactive ketones (excluding diaryl/α,β-unsaturated/α-hetero) is 1. The molecule has 0 bridgehead atoms. The third-order valence-electron chi connectivity index (χ3n) is 4.45. The van der Waals surface area contributed by atoms with E-state index in [-0.39, 0.29) is 29.5 Å². The fraction of sp³-hybridized carbons (Fsp3) is 0.529. The van der Waals surface area contributed by atoms with Gasteiger partial charge in [0.1, 0.15) is 11.9 Å². The summed E-state index contributed by atoms with van der Waals surface area (Å²) in [6, 6.07) is 5.29. The van der Waals surface area contributed by atoms with Crippen molar-refractivity contribution in [2.24, 2.45) is 5.92 Å². The maximum Gasteiger partial charge on any atom is 0.242 e. The maximum absolute atomic E-state index is 13.0. The first-order valence-electron chi connectivity index (χ1n) is 8.05. The Bertz CT molecular complexity index is 570. The van der Waals surface area contributed by atoms with Crippen LogP contribution in [0.2, 0.25) is 0 Å². The Labute approximate surface area is 134 Å². The SMILES string of the molecule is O=C(c1ccc(F)cc1)C1CCCN(C(=O)C2COCCN2)C1. The molecule has 23 heavy (non-hydrogen) atoms. The predicted molar refractivity (Wildman–Crippen MR) is 82.6 cm³/mol. The molecule has 2 saturated heterocycles. The summed E-state index contributed by atoms with van der Waals surface area (Å²) in [5.41, 5.74) is 0.504. The van der Waals surface area contributed by atoms with Crippen LogP contribution < -0.4 is 5.32 Å². The van der Waals surface area contributed by atoms with Crippen LogP contribution in [0.5, 0.6) is 0 Å². The highest BCUT2D eigenvalue weighted by atomic mass is 19.1. The molecule has 1 N–H and O–H groups in total. The molecule has 5 nitrogen and oxygen atoms in total. The van der Waals surface area contributed by atoms with Gasteiger partial charge in [0.25, 0.3) is 0 Å². The smallest absolute Gasteiger partial charge is 0.242 e. The number of nitrogens with one attached hydrogen (secondary N) is 1. The van der Waals surface area contributed by atoms with E-state index in [1.807, 2.05) is 0 Å². The second-order valence-corrected chi connectivity index (χ2v) is 6.08. The molecule has 0 radical (unpaired) electrons. The van der Waals surface area contributed by atoms with Crippen molar-refractivity contribution in [1.29, 1.82) is 0 Å². The number of halogens is 1. The number of nitrogens with zero attached hydrogens (tertiary/aromatic N) is 1. The van der Waals surface area contributed by atoms with Crippen molar-refractivity contribution in [1.82, 2.24) is 10.2 Å². The second kappa shape index (κ2) is 7.19. The van der Waals surface area contributed by atoms with Gasteiger partial charge >= 0.3 is 0 Å². The molecule has 0 saturated carbocycles. The molecule has 2 aliphatic heterocycles. The lowest BCUT2D eigenvalue weighted by Gasteiger charge is -2.35. The minimum Gasteiger partial charge on any atom is -0.378 e. The number of morpholine rings is 1. The fourth-order valence-electron chi connectivity index (χ4n) is 3.19. The van der Waals surface area contributed by atoms with E-state index in [1.54, 1.807) is 4.90 Å². The molecule has 2 aliphatic rings. The number of piperidine rings is 1. The number of amides is 1. The highest BCUT2D eigenvalue weighted by Gasteiger charge is 2.32. The molecular formula is C17H21FN2O3. The topological polar surface area (TPSA) is 58.6 Å². The van der Waals surface area contributed by atoms with E-state index >= 15 is 0 Å². The second-order valence-electron chi connectivity index (χ2n) is 6.08. The van der Waals surface area contributed by atoms with Gasteiger partial charge in [-0.2, -0.15) is 0 Å². The monoisotopic (exact) mass is 320 g/mol. The Morgan fingerprint density at radius 2 is 2.04 bits per heavy atom. The Hall–Kier alpha value is -1.79. The van der Waals surface area contributed by atoms with Crippen molar-refractivity contribution in [3.8, 4) is 0 Å². The first kappa shape index (κ1) is 16.1. The van der Waals surface area contributed by atoms with Gasteiger partial charge in [0.05, 0.1) is 13.2 Å². The van der Waals surface area contributed by atoms with Gasteiger partial charge in [0, 0.05) is 31.1 Å². The summed E-state index contributed by atoms with van der Waals surface area (Å²) in [6.07, 6.45) is 1.56.